The van der Waals surface area contributed by atoms with Gasteiger partial charge in [-0.05, 0) is 61.6 Å². The molecule has 2 aromatic heterocycles. The Morgan fingerprint density at radius 2 is 1.85 bits per heavy atom. The molecule has 1 aromatic carbocycles. The fourth-order valence-electron chi connectivity index (χ4n) is 4.90. The zero-order valence-electron chi connectivity index (χ0n) is 18.0. The van der Waals surface area contributed by atoms with E-state index in [0.717, 1.165) is 31.5 Å². The van der Waals surface area contributed by atoms with E-state index in [1.54, 1.807) is 23.4 Å². The van der Waals surface area contributed by atoms with Gasteiger partial charge in [0.2, 0.25) is 0 Å². The molecular weight excluding hydrogens is 450 g/mol. The smallest absolute Gasteiger partial charge is 0.365 e. The number of aromatic nitrogens is 3. The van der Waals surface area contributed by atoms with Crippen molar-refractivity contribution in [3.8, 4) is 11.4 Å². The lowest BCUT2D eigenvalue weighted by Crippen LogP contribution is -2.59. The van der Waals surface area contributed by atoms with Crippen molar-refractivity contribution in [2.75, 3.05) is 11.9 Å². The summed E-state index contributed by atoms with van der Waals surface area (Å²) < 4.78 is 52.7. The molecule has 6 rings (SSSR count). The fourth-order valence-corrected chi connectivity index (χ4v) is 4.90. The maximum Gasteiger partial charge on any atom is 0.417 e. The second-order valence-corrected chi connectivity index (χ2v) is 8.65. The number of benzene rings is 1. The highest BCUT2D eigenvalue weighted by atomic mass is 19.4. The third-order valence-electron chi connectivity index (χ3n) is 6.48. The number of carbonyl (C=O) groups excluding carboxylic acids is 1. The standard InChI is InChI=1S/C24H21F4N5O/c25-16-4-5-17(22-29-8-1-9-30-22)18(11-16)23(34)33-13-14-2-6-20(33)19(10-14)32-21-7-3-15(12-31-21)24(26,27)28/h1,3-5,7-9,11-12,14,19-20H,2,6,10,13H2,(H,31,32). The molecule has 1 amide bonds. The van der Waals surface area contributed by atoms with E-state index in [2.05, 4.69) is 20.3 Å². The van der Waals surface area contributed by atoms with Crippen LogP contribution in [0.5, 0.6) is 0 Å². The Morgan fingerprint density at radius 1 is 1.06 bits per heavy atom. The van der Waals surface area contributed by atoms with E-state index in [0.29, 0.717) is 23.8 Å². The Bertz CT molecular complexity index is 1190. The molecule has 1 saturated carbocycles. The quantitative estimate of drug-likeness (QED) is 0.554. The first-order valence-corrected chi connectivity index (χ1v) is 11.0. The van der Waals surface area contributed by atoms with Crippen LogP contribution in [0.25, 0.3) is 11.4 Å². The van der Waals surface area contributed by atoms with E-state index in [1.165, 1.54) is 24.3 Å². The number of nitrogens with one attached hydrogen (secondary N) is 1. The van der Waals surface area contributed by atoms with Crippen LogP contribution in [0.1, 0.15) is 35.2 Å². The molecule has 2 bridgehead atoms. The van der Waals surface area contributed by atoms with E-state index < -0.39 is 17.6 Å². The Hall–Kier alpha value is -3.56. The molecule has 3 aliphatic rings. The normalized spacial score (nSPS) is 22.0. The topological polar surface area (TPSA) is 71.0 Å². The molecule has 2 saturated heterocycles. The number of hydrogen-bond donors (Lipinski definition) is 1. The SMILES string of the molecule is O=C(c1cc(F)ccc1-c1ncccn1)N1CC2CCC1C(Nc1ccc(C(F)(F)F)cn1)C2. The van der Waals surface area contributed by atoms with Crippen molar-refractivity contribution >= 4 is 11.7 Å². The minimum absolute atomic E-state index is 0.175. The second kappa shape index (κ2) is 8.66. The Morgan fingerprint density at radius 3 is 2.53 bits per heavy atom. The largest absolute Gasteiger partial charge is 0.417 e. The van der Waals surface area contributed by atoms with Gasteiger partial charge in [-0.25, -0.2) is 19.3 Å². The highest BCUT2D eigenvalue weighted by Crippen LogP contribution is 2.38. The maximum atomic E-state index is 14.1. The molecular formula is C24H21F4N5O. The molecule has 3 fully saturated rings. The molecule has 1 N–H and O–H groups in total. The predicted octanol–water partition coefficient (Wildman–Crippen LogP) is 4.80. The average Bonchev–Trinajstić information content (AvgIpc) is 2.84. The number of nitrogens with zero attached hydrogens (tertiary/aromatic N) is 4. The van der Waals surface area contributed by atoms with Crippen LogP contribution < -0.4 is 5.32 Å². The molecule has 3 atom stereocenters. The van der Waals surface area contributed by atoms with E-state index in [1.807, 2.05) is 0 Å². The van der Waals surface area contributed by atoms with Gasteiger partial charge in [-0.3, -0.25) is 4.79 Å². The van der Waals surface area contributed by atoms with Crippen LogP contribution in [0.3, 0.4) is 0 Å². The summed E-state index contributed by atoms with van der Waals surface area (Å²) in [6, 6.07) is 7.54. The lowest BCUT2D eigenvalue weighted by molar-refractivity contribution is -0.137. The summed E-state index contributed by atoms with van der Waals surface area (Å²) in [6.07, 6.45) is 1.91. The minimum atomic E-state index is -4.45. The van der Waals surface area contributed by atoms with Gasteiger partial charge >= 0.3 is 6.18 Å². The van der Waals surface area contributed by atoms with Gasteiger partial charge in [0.1, 0.15) is 11.6 Å². The van der Waals surface area contributed by atoms with Gasteiger partial charge < -0.3 is 10.2 Å². The Kier molecular flexibility index (Phi) is 5.66. The van der Waals surface area contributed by atoms with Gasteiger partial charge in [0.15, 0.2) is 5.82 Å². The number of halogens is 4. The number of carbonyl (C=O) groups is 1. The van der Waals surface area contributed by atoms with Crippen LogP contribution in [0.15, 0.2) is 55.0 Å². The van der Waals surface area contributed by atoms with Crippen molar-refractivity contribution in [3.05, 3.63) is 71.9 Å². The predicted molar refractivity (Wildman–Crippen MR) is 116 cm³/mol. The van der Waals surface area contributed by atoms with Gasteiger partial charge in [0.05, 0.1) is 17.2 Å². The Labute approximate surface area is 193 Å². The molecule has 4 heterocycles. The summed E-state index contributed by atoms with van der Waals surface area (Å²) in [5.74, 6) is 0.0296. The van der Waals surface area contributed by atoms with E-state index in [9.17, 15) is 22.4 Å². The average molecular weight is 471 g/mol. The first-order valence-electron chi connectivity index (χ1n) is 11.0. The van der Waals surface area contributed by atoms with Crippen molar-refractivity contribution < 1.29 is 22.4 Å². The molecule has 3 unspecified atom stereocenters. The van der Waals surface area contributed by atoms with Gasteiger partial charge in [-0.1, -0.05) is 0 Å². The number of hydrogen-bond acceptors (Lipinski definition) is 5. The molecule has 6 nitrogen and oxygen atoms in total. The molecule has 2 aliphatic heterocycles. The molecule has 10 heteroatoms. The van der Waals surface area contributed by atoms with Gasteiger partial charge in [-0.15, -0.1) is 0 Å². The minimum Gasteiger partial charge on any atom is -0.365 e. The van der Waals surface area contributed by atoms with Crippen molar-refractivity contribution in [2.45, 2.75) is 37.5 Å². The van der Waals surface area contributed by atoms with E-state index in [4.69, 9.17) is 0 Å². The zero-order valence-corrected chi connectivity index (χ0v) is 18.0. The highest BCUT2D eigenvalue weighted by molar-refractivity contribution is 6.00. The molecule has 176 valence electrons. The van der Waals surface area contributed by atoms with Crippen molar-refractivity contribution in [1.29, 1.82) is 0 Å². The highest BCUT2D eigenvalue weighted by Gasteiger charge is 2.43. The van der Waals surface area contributed by atoms with Crippen LogP contribution in [0, 0.1) is 11.7 Å². The van der Waals surface area contributed by atoms with Gasteiger partial charge in [0, 0.05) is 36.7 Å². The third-order valence-corrected chi connectivity index (χ3v) is 6.48. The second-order valence-electron chi connectivity index (χ2n) is 8.65. The van der Waals surface area contributed by atoms with Crippen LogP contribution in [0.2, 0.25) is 0 Å². The molecule has 0 spiro atoms. The number of pyridine rings is 1. The lowest BCUT2D eigenvalue weighted by Gasteiger charge is -2.50. The van der Waals surface area contributed by atoms with E-state index in [-0.39, 0.29) is 29.5 Å². The summed E-state index contributed by atoms with van der Waals surface area (Å²) in [4.78, 5) is 27.7. The van der Waals surface area contributed by atoms with Crippen LogP contribution in [0.4, 0.5) is 23.4 Å². The van der Waals surface area contributed by atoms with Crippen molar-refractivity contribution in [1.82, 2.24) is 19.9 Å². The summed E-state index contributed by atoms with van der Waals surface area (Å²) >= 11 is 0. The number of fused-ring (bicyclic) bond motifs is 3. The monoisotopic (exact) mass is 471 g/mol. The number of piperidine rings is 2. The van der Waals surface area contributed by atoms with Crippen LogP contribution in [-0.2, 0) is 6.18 Å². The zero-order chi connectivity index (χ0) is 23.9. The third kappa shape index (κ3) is 4.32. The van der Waals surface area contributed by atoms with Crippen LogP contribution >= 0.6 is 0 Å². The summed E-state index contributed by atoms with van der Waals surface area (Å²) in [5.41, 5.74) is -0.186. The molecule has 3 aromatic rings. The van der Waals surface area contributed by atoms with Gasteiger partial charge in [0.25, 0.3) is 5.91 Å². The summed E-state index contributed by atoms with van der Waals surface area (Å²) in [6.45, 7) is 0.535. The number of anilines is 1. The maximum absolute atomic E-state index is 14.1. The van der Waals surface area contributed by atoms with Crippen molar-refractivity contribution in [2.24, 2.45) is 5.92 Å². The van der Waals surface area contributed by atoms with Crippen LogP contribution in [-0.4, -0.2) is 44.4 Å². The first-order chi connectivity index (χ1) is 16.3. The van der Waals surface area contributed by atoms with Crippen molar-refractivity contribution in [3.63, 3.8) is 0 Å². The number of alkyl halides is 3. The summed E-state index contributed by atoms with van der Waals surface area (Å²) in [5, 5.41) is 3.21. The molecule has 0 radical (unpaired) electrons. The lowest BCUT2D eigenvalue weighted by atomic mass is 9.76. The van der Waals surface area contributed by atoms with Gasteiger partial charge in [-0.2, -0.15) is 13.2 Å². The Balaban J connectivity index is 1.40. The fraction of sp³-hybridized carbons (Fsp3) is 0.333. The molecule has 34 heavy (non-hydrogen) atoms. The van der Waals surface area contributed by atoms with E-state index >= 15 is 0 Å². The number of amides is 1. The molecule has 1 aliphatic carbocycles. The summed E-state index contributed by atoms with van der Waals surface area (Å²) in [7, 11) is 0. The first kappa shape index (κ1) is 22.2. The number of rotatable bonds is 4.